The van der Waals surface area contributed by atoms with Crippen LogP contribution in [0.4, 0.5) is 0 Å². The number of hydrogen-bond acceptors (Lipinski definition) is 0. The fourth-order valence-corrected chi connectivity index (χ4v) is 0.956. The van der Waals surface area contributed by atoms with Gasteiger partial charge in [-0.2, -0.15) is 0 Å². The molecule has 1 heteroatoms. The third-order valence-corrected chi connectivity index (χ3v) is 1.60. The first-order valence-electron chi connectivity index (χ1n) is 4.45. The minimum absolute atomic E-state index is 0.241. The average molecular weight is 153 g/mol. The van der Waals surface area contributed by atoms with Gasteiger partial charge < -0.3 is 0 Å². The van der Waals surface area contributed by atoms with Crippen LogP contribution >= 0.6 is 0 Å². The van der Waals surface area contributed by atoms with Gasteiger partial charge in [0.25, 0.3) is 0 Å². The molecule has 0 aliphatic heterocycles. The molecule has 0 atom stereocenters. The van der Waals surface area contributed by atoms with Gasteiger partial charge in [0.15, 0.2) is 0 Å². The minimum atomic E-state index is -0.241. The summed E-state index contributed by atoms with van der Waals surface area (Å²) in [4.78, 5) is 0. The molecule has 0 aromatic heterocycles. The topological polar surface area (TPSA) is 19.9 Å². The van der Waals surface area contributed by atoms with Crippen LogP contribution in [0, 0.1) is 11.8 Å². The molecule has 0 rings (SSSR count). The van der Waals surface area contributed by atoms with Gasteiger partial charge in [0, 0.05) is 6.42 Å². The lowest BCUT2D eigenvalue weighted by Crippen LogP contribution is -1.76. The van der Waals surface area contributed by atoms with Crippen LogP contribution in [-0.4, -0.2) is 6.61 Å². The average Bonchev–Trinajstić information content (AvgIpc) is 2.03. The Kier molecular flexibility index (Phi) is 9.10. The maximum Gasteiger partial charge on any atom is 0.143 e. The van der Waals surface area contributed by atoms with E-state index in [0.29, 0.717) is 0 Å². The molecule has 0 spiro atoms. The Balaban J connectivity index is 2.90. The second-order valence-corrected chi connectivity index (χ2v) is 2.66. The van der Waals surface area contributed by atoms with Crippen LogP contribution in [0.2, 0.25) is 0 Å². The van der Waals surface area contributed by atoms with E-state index in [9.17, 15) is 5.11 Å². The van der Waals surface area contributed by atoms with Gasteiger partial charge >= 0.3 is 0 Å². The monoisotopic (exact) mass is 153 g/mol. The zero-order valence-corrected chi connectivity index (χ0v) is 7.36. The van der Waals surface area contributed by atoms with E-state index in [1.165, 1.54) is 25.7 Å². The fourth-order valence-electron chi connectivity index (χ4n) is 0.956. The van der Waals surface area contributed by atoms with Gasteiger partial charge in [-0.1, -0.05) is 38.5 Å². The summed E-state index contributed by atoms with van der Waals surface area (Å²) in [6, 6.07) is 0. The highest BCUT2D eigenvalue weighted by Crippen LogP contribution is 2.03. The highest BCUT2D eigenvalue weighted by molar-refractivity contribution is 4.97. The normalized spacial score (nSPS) is 8.91. The van der Waals surface area contributed by atoms with Crippen molar-refractivity contribution < 1.29 is 5.11 Å². The molecule has 0 N–H and O–H groups in total. The lowest BCUT2D eigenvalue weighted by atomic mass is 10.1. The lowest BCUT2D eigenvalue weighted by molar-refractivity contribution is 0.239. The second-order valence-electron chi connectivity index (χ2n) is 2.66. The molecule has 0 aliphatic rings. The maximum absolute atomic E-state index is 9.89. The standard InChI is InChI=1S/C10H17O/c1-2-3-4-5-6-7-8-9-10-11/h2-7,10H2,1H3. The summed E-state index contributed by atoms with van der Waals surface area (Å²) in [5.41, 5.74) is 0. The van der Waals surface area contributed by atoms with E-state index >= 15 is 0 Å². The molecule has 0 aliphatic carbocycles. The SMILES string of the molecule is CCCCCCCC#CC[O]. The highest BCUT2D eigenvalue weighted by atomic mass is 16.2. The van der Waals surface area contributed by atoms with Crippen molar-refractivity contribution in [1.29, 1.82) is 0 Å². The van der Waals surface area contributed by atoms with E-state index in [2.05, 4.69) is 18.8 Å². The zero-order chi connectivity index (χ0) is 8.36. The molecule has 0 unspecified atom stereocenters. The molecule has 0 aromatic carbocycles. The maximum atomic E-state index is 9.89. The lowest BCUT2D eigenvalue weighted by Gasteiger charge is -1.94. The van der Waals surface area contributed by atoms with Crippen LogP contribution in [0.25, 0.3) is 0 Å². The van der Waals surface area contributed by atoms with Crippen LogP contribution < -0.4 is 0 Å². The molecule has 63 valence electrons. The van der Waals surface area contributed by atoms with Gasteiger partial charge in [-0.05, 0) is 6.42 Å². The minimum Gasteiger partial charge on any atom is -0.223 e. The second kappa shape index (κ2) is 9.52. The number of hydrogen-bond donors (Lipinski definition) is 0. The third kappa shape index (κ3) is 9.52. The molecule has 0 fully saturated rings. The number of unbranched alkanes of at least 4 members (excludes halogenated alkanes) is 5. The van der Waals surface area contributed by atoms with Crippen LogP contribution in [0.1, 0.15) is 45.4 Å². The van der Waals surface area contributed by atoms with E-state index in [1.807, 2.05) is 0 Å². The molecule has 1 radical (unpaired) electrons. The van der Waals surface area contributed by atoms with Crippen molar-refractivity contribution in [2.75, 3.05) is 6.61 Å². The van der Waals surface area contributed by atoms with Gasteiger partial charge in [0.05, 0.1) is 0 Å². The summed E-state index contributed by atoms with van der Waals surface area (Å²) < 4.78 is 0. The molecular formula is C10H17O. The molecule has 0 heterocycles. The van der Waals surface area contributed by atoms with Gasteiger partial charge in [0.1, 0.15) is 6.61 Å². The summed E-state index contributed by atoms with van der Waals surface area (Å²) in [5, 5.41) is 9.89. The summed E-state index contributed by atoms with van der Waals surface area (Å²) in [5.74, 6) is 5.38. The van der Waals surface area contributed by atoms with Crippen molar-refractivity contribution >= 4 is 0 Å². The Hall–Kier alpha value is -0.480. The molecule has 0 saturated heterocycles. The van der Waals surface area contributed by atoms with Gasteiger partial charge in [-0.15, -0.1) is 5.92 Å². The van der Waals surface area contributed by atoms with Crippen LogP contribution in [0.5, 0.6) is 0 Å². The molecule has 0 amide bonds. The summed E-state index contributed by atoms with van der Waals surface area (Å²) in [7, 11) is 0. The largest absolute Gasteiger partial charge is 0.223 e. The molecule has 0 bridgehead atoms. The van der Waals surface area contributed by atoms with E-state index in [0.717, 1.165) is 12.8 Å². The van der Waals surface area contributed by atoms with Crippen LogP contribution in [-0.2, 0) is 5.11 Å². The molecule has 0 saturated carbocycles. The predicted molar refractivity (Wildman–Crippen MR) is 46.7 cm³/mol. The Morgan fingerprint density at radius 2 is 1.73 bits per heavy atom. The summed E-state index contributed by atoms with van der Waals surface area (Å²) in [6.07, 6.45) is 7.26. The first kappa shape index (κ1) is 10.5. The molecule has 11 heavy (non-hydrogen) atoms. The summed E-state index contributed by atoms with van der Waals surface area (Å²) >= 11 is 0. The fraction of sp³-hybridized carbons (Fsp3) is 0.800. The Morgan fingerprint density at radius 1 is 1.00 bits per heavy atom. The van der Waals surface area contributed by atoms with Crippen molar-refractivity contribution in [1.82, 2.24) is 0 Å². The summed E-state index contributed by atoms with van der Waals surface area (Å²) in [6.45, 7) is 1.96. The van der Waals surface area contributed by atoms with Gasteiger partial charge in [-0.3, -0.25) is 0 Å². The quantitative estimate of drug-likeness (QED) is 0.427. The van der Waals surface area contributed by atoms with Gasteiger partial charge in [-0.25, -0.2) is 5.11 Å². The third-order valence-electron chi connectivity index (χ3n) is 1.60. The van der Waals surface area contributed by atoms with E-state index < -0.39 is 0 Å². The first-order valence-corrected chi connectivity index (χ1v) is 4.45. The number of rotatable bonds is 5. The van der Waals surface area contributed by atoms with E-state index in [4.69, 9.17) is 0 Å². The van der Waals surface area contributed by atoms with Crippen molar-refractivity contribution in [3.63, 3.8) is 0 Å². The van der Waals surface area contributed by atoms with Gasteiger partial charge in [0.2, 0.25) is 0 Å². The first-order chi connectivity index (χ1) is 5.41. The zero-order valence-electron chi connectivity index (χ0n) is 7.36. The van der Waals surface area contributed by atoms with Crippen molar-refractivity contribution in [2.45, 2.75) is 45.4 Å². The molecular weight excluding hydrogens is 136 g/mol. The Bertz CT molecular complexity index is 119. The molecule has 1 nitrogen and oxygen atoms in total. The smallest absolute Gasteiger partial charge is 0.143 e. The van der Waals surface area contributed by atoms with Crippen LogP contribution in [0.3, 0.4) is 0 Å². The molecule has 0 aromatic rings. The van der Waals surface area contributed by atoms with Crippen LogP contribution in [0.15, 0.2) is 0 Å². The highest BCUT2D eigenvalue weighted by Gasteiger charge is 1.85. The van der Waals surface area contributed by atoms with Crippen molar-refractivity contribution in [3.8, 4) is 11.8 Å². The van der Waals surface area contributed by atoms with E-state index in [1.54, 1.807) is 0 Å². The van der Waals surface area contributed by atoms with E-state index in [-0.39, 0.29) is 6.61 Å². The predicted octanol–water partition coefficient (Wildman–Crippen LogP) is 2.78. The Labute approximate surface area is 69.8 Å². The van der Waals surface area contributed by atoms with Crippen molar-refractivity contribution in [2.24, 2.45) is 0 Å². The Morgan fingerprint density at radius 3 is 2.36 bits per heavy atom. The van der Waals surface area contributed by atoms with Crippen molar-refractivity contribution in [3.05, 3.63) is 0 Å².